The number of nitrogens with zero attached hydrogens (tertiary/aromatic N) is 2. The van der Waals surface area contributed by atoms with E-state index < -0.39 is 0 Å². The van der Waals surface area contributed by atoms with Gasteiger partial charge >= 0.3 is 0 Å². The smallest absolute Gasteiger partial charge is 0.266 e. The number of aromatic nitrogens is 1. The molecule has 0 saturated heterocycles. The highest BCUT2D eigenvalue weighted by molar-refractivity contribution is 7.14. The molecule has 2 aromatic rings. The second kappa shape index (κ2) is 6.40. The summed E-state index contributed by atoms with van der Waals surface area (Å²) in [5.74, 6) is 0.583. The third-order valence-electron chi connectivity index (χ3n) is 3.96. The monoisotopic (exact) mass is 313 g/mol. The molecule has 1 N–H and O–H groups in total. The highest BCUT2D eigenvalue weighted by Crippen LogP contribution is 2.32. The van der Waals surface area contributed by atoms with E-state index in [4.69, 9.17) is 0 Å². The van der Waals surface area contributed by atoms with E-state index in [9.17, 15) is 4.79 Å². The first-order valence-corrected chi connectivity index (χ1v) is 8.31. The van der Waals surface area contributed by atoms with E-state index in [2.05, 4.69) is 22.4 Å². The van der Waals surface area contributed by atoms with Gasteiger partial charge in [0.2, 0.25) is 0 Å². The van der Waals surface area contributed by atoms with Gasteiger partial charge in [0.15, 0.2) is 0 Å². The van der Waals surface area contributed by atoms with Crippen LogP contribution in [0.15, 0.2) is 35.7 Å². The van der Waals surface area contributed by atoms with Crippen molar-refractivity contribution in [3.8, 4) is 0 Å². The molecular formula is C17H19N3OS. The predicted octanol–water partition coefficient (Wildman–Crippen LogP) is 3.42. The van der Waals surface area contributed by atoms with Crippen LogP contribution in [0.2, 0.25) is 0 Å². The summed E-state index contributed by atoms with van der Waals surface area (Å²) in [4.78, 5) is 18.4. The third-order valence-corrected chi connectivity index (χ3v) is 5.19. The molecule has 1 amide bonds. The summed E-state index contributed by atoms with van der Waals surface area (Å²) in [5.41, 5.74) is 5.64. The van der Waals surface area contributed by atoms with Gasteiger partial charge in [-0.3, -0.25) is 9.78 Å². The predicted molar refractivity (Wildman–Crippen MR) is 89.4 cm³/mol. The van der Waals surface area contributed by atoms with Crippen molar-refractivity contribution in [3.63, 3.8) is 0 Å². The average molecular weight is 313 g/mol. The minimum absolute atomic E-state index is 0.129. The fourth-order valence-corrected chi connectivity index (χ4v) is 3.75. The lowest BCUT2D eigenvalue weighted by Gasteiger charge is -2.16. The quantitative estimate of drug-likeness (QED) is 0.697. The van der Waals surface area contributed by atoms with Gasteiger partial charge in [-0.2, -0.15) is 5.10 Å². The van der Waals surface area contributed by atoms with Crippen LogP contribution in [-0.2, 0) is 12.8 Å². The van der Waals surface area contributed by atoms with Crippen molar-refractivity contribution < 1.29 is 4.79 Å². The van der Waals surface area contributed by atoms with Gasteiger partial charge in [0.25, 0.3) is 5.91 Å². The maximum atomic E-state index is 12.3. The zero-order valence-corrected chi connectivity index (χ0v) is 13.6. The van der Waals surface area contributed by atoms with Gasteiger partial charge in [0.05, 0.1) is 10.6 Å². The topological polar surface area (TPSA) is 54.4 Å². The molecule has 4 nitrogen and oxygen atoms in total. The van der Waals surface area contributed by atoms with E-state index in [1.807, 2.05) is 25.1 Å². The molecule has 0 fully saturated rings. The minimum atomic E-state index is -0.129. The molecule has 0 bridgehead atoms. The van der Waals surface area contributed by atoms with Gasteiger partial charge in [-0.05, 0) is 49.8 Å². The average Bonchev–Trinajstić information content (AvgIpc) is 2.96. The van der Waals surface area contributed by atoms with Crippen LogP contribution in [0, 0.1) is 5.92 Å². The second-order valence-electron chi connectivity index (χ2n) is 5.79. The van der Waals surface area contributed by atoms with E-state index in [1.54, 1.807) is 23.7 Å². The fourth-order valence-electron chi connectivity index (χ4n) is 2.65. The summed E-state index contributed by atoms with van der Waals surface area (Å²) in [6.45, 7) is 4.13. The SMILES string of the molecule is C/C(=N/NC(=O)c1cc2c(s1)CC[C@H](C)C2)c1cccnc1. The molecule has 2 aromatic heterocycles. The van der Waals surface area contributed by atoms with Gasteiger partial charge in [-0.25, -0.2) is 5.43 Å². The molecule has 0 unspecified atom stereocenters. The molecule has 0 saturated carbocycles. The molecule has 1 atom stereocenters. The Bertz CT molecular complexity index is 706. The summed E-state index contributed by atoms with van der Waals surface area (Å²) >= 11 is 1.60. The molecule has 0 spiro atoms. The molecule has 5 heteroatoms. The van der Waals surface area contributed by atoms with Crippen LogP contribution < -0.4 is 5.43 Å². The Hall–Kier alpha value is -2.01. The Balaban J connectivity index is 1.70. The Morgan fingerprint density at radius 3 is 3.14 bits per heavy atom. The highest BCUT2D eigenvalue weighted by Gasteiger charge is 2.20. The van der Waals surface area contributed by atoms with Crippen molar-refractivity contribution in [1.82, 2.24) is 10.4 Å². The van der Waals surface area contributed by atoms with Crippen LogP contribution >= 0.6 is 11.3 Å². The number of nitrogens with one attached hydrogen (secondary N) is 1. The number of carbonyl (C=O) groups is 1. The number of aryl methyl sites for hydroxylation is 1. The Morgan fingerprint density at radius 1 is 1.50 bits per heavy atom. The Morgan fingerprint density at radius 2 is 2.36 bits per heavy atom. The summed E-state index contributed by atoms with van der Waals surface area (Å²) in [6, 6.07) is 5.80. The fraction of sp³-hybridized carbons (Fsp3) is 0.353. The van der Waals surface area contributed by atoms with Crippen LogP contribution in [0.4, 0.5) is 0 Å². The highest BCUT2D eigenvalue weighted by atomic mass is 32.1. The Labute approximate surface area is 134 Å². The number of hydrogen-bond acceptors (Lipinski definition) is 4. The van der Waals surface area contributed by atoms with Crippen molar-refractivity contribution in [2.45, 2.75) is 33.1 Å². The zero-order chi connectivity index (χ0) is 15.5. The van der Waals surface area contributed by atoms with Crippen LogP contribution in [0.5, 0.6) is 0 Å². The van der Waals surface area contributed by atoms with Crippen molar-refractivity contribution in [3.05, 3.63) is 51.5 Å². The molecule has 22 heavy (non-hydrogen) atoms. The maximum absolute atomic E-state index is 12.3. The maximum Gasteiger partial charge on any atom is 0.281 e. The lowest BCUT2D eigenvalue weighted by molar-refractivity contribution is 0.0959. The van der Waals surface area contributed by atoms with Gasteiger partial charge in [0, 0.05) is 22.8 Å². The standard InChI is InChI=1S/C17H19N3OS/c1-11-5-6-15-14(8-11)9-16(22-15)17(21)20-19-12(2)13-4-3-7-18-10-13/h3-4,7,9-11H,5-6,8H2,1-2H3,(H,20,21)/b19-12-/t11-/m0/s1. The first-order valence-electron chi connectivity index (χ1n) is 7.50. The number of amides is 1. The van der Waals surface area contributed by atoms with Crippen LogP contribution in [-0.4, -0.2) is 16.6 Å². The van der Waals surface area contributed by atoms with Gasteiger partial charge < -0.3 is 0 Å². The number of hydrogen-bond donors (Lipinski definition) is 1. The number of rotatable bonds is 3. The molecular weight excluding hydrogens is 294 g/mol. The number of hydrazone groups is 1. The third kappa shape index (κ3) is 3.25. The van der Waals surface area contributed by atoms with E-state index >= 15 is 0 Å². The van der Waals surface area contributed by atoms with Crippen molar-refractivity contribution in [1.29, 1.82) is 0 Å². The number of thiophene rings is 1. The minimum Gasteiger partial charge on any atom is -0.266 e. The molecule has 1 aliphatic rings. The molecule has 0 aliphatic heterocycles. The van der Waals surface area contributed by atoms with Gasteiger partial charge in [-0.15, -0.1) is 11.3 Å². The summed E-state index contributed by atoms with van der Waals surface area (Å²) in [7, 11) is 0. The van der Waals surface area contributed by atoms with Crippen LogP contribution in [0.3, 0.4) is 0 Å². The molecule has 114 valence electrons. The molecule has 0 radical (unpaired) electrons. The van der Waals surface area contributed by atoms with E-state index in [0.717, 1.165) is 29.0 Å². The first kappa shape index (κ1) is 14.9. The van der Waals surface area contributed by atoms with Crippen molar-refractivity contribution in [2.75, 3.05) is 0 Å². The van der Waals surface area contributed by atoms with E-state index in [-0.39, 0.29) is 5.91 Å². The van der Waals surface area contributed by atoms with Gasteiger partial charge in [0.1, 0.15) is 0 Å². The van der Waals surface area contributed by atoms with Crippen molar-refractivity contribution in [2.24, 2.45) is 11.0 Å². The largest absolute Gasteiger partial charge is 0.281 e. The number of pyridine rings is 1. The van der Waals surface area contributed by atoms with Crippen LogP contribution in [0.25, 0.3) is 0 Å². The van der Waals surface area contributed by atoms with E-state index in [0.29, 0.717) is 5.92 Å². The molecule has 0 aromatic carbocycles. The van der Waals surface area contributed by atoms with E-state index in [1.165, 1.54) is 16.9 Å². The lowest BCUT2D eigenvalue weighted by Crippen LogP contribution is -2.18. The Kier molecular flexibility index (Phi) is 4.34. The lowest BCUT2D eigenvalue weighted by atomic mass is 9.90. The zero-order valence-electron chi connectivity index (χ0n) is 12.8. The number of carbonyl (C=O) groups excluding carboxylic acids is 1. The van der Waals surface area contributed by atoms with Crippen molar-refractivity contribution >= 4 is 23.0 Å². The molecule has 3 rings (SSSR count). The molecule has 2 heterocycles. The first-order chi connectivity index (χ1) is 10.6. The molecule has 1 aliphatic carbocycles. The summed E-state index contributed by atoms with van der Waals surface area (Å²) in [6.07, 6.45) is 6.83. The van der Waals surface area contributed by atoms with Gasteiger partial charge in [-0.1, -0.05) is 13.0 Å². The second-order valence-corrected chi connectivity index (χ2v) is 6.92. The summed E-state index contributed by atoms with van der Waals surface area (Å²) < 4.78 is 0. The normalized spacial score (nSPS) is 17.9. The van der Waals surface area contributed by atoms with Crippen LogP contribution in [0.1, 0.15) is 45.9 Å². The number of fused-ring (bicyclic) bond motifs is 1. The summed E-state index contributed by atoms with van der Waals surface area (Å²) in [5, 5.41) is 4.18.